The van der Waals surface area contributed by atoms with Gasteiger partial charge in [-0.1, -0.05) is 40.7 Å². The van der Waals surface area contributed by atoms with Crippen LogP contribution in [0.3, 0.4) is 0 Å². The molecule has 0 atom stereocenters. The molecular weight excluding hydrogens is 471 g/mol. The molecule has 0 saturated carbocycles. The molecule has 2 aromatic carbocycles. The monoisotopic (exact) mass is 499 g/mol. The van der Waals surface area contributed by atoms with E-state index in [0.29, 0.717) is 5.92 Å². The Labute approximate surface area is 213 Å². The van der Waals surface area contributed by atoms with Gasteiger partial charge in [-0.3, -0.25) is 4.98 Å². The summed E-state index contributed by atoms with van der Waals surface area (Å²) < 4.78 is 5.56. The Hall–Kier alpha value is -2.27. The largest absolute Gasteiger partial charge is 0.256 e. The number of pyridine rings is 1. The SMILES string of the molecule is Cc1sc2ccc3c(sc4ccnc(-c5cc(C(C)(C)C)c6sccc6c5)c43)c2c1CC(C)C. The van der Waals surface area contributed by atoms with Crippen LogP contribution in [0.4, 0.5) is 0 Å². The second-order valence-corrected chi connectivity index (χ2v) is 14.0. The minimum absolute atomic E-state index is 0.0792. The van der Waals surface area contributed by atoms with Gasteiger partial charge < -0.3 is 0 Å². The Morgan fingerprint density at radius 2 is 1.71 bits per heavy atom. The van der Waals surface area contributed by atoms with Crippen LogP contribution in [-0.4, -0.2) is 4.98 Å². The highest BCUT2D eigenvalue weighted by atomic mass is 32.1. The molecule has 0 N–H and O–H groups in total. The van der Waals surface area contributed by atoms with Crippen LogP contribution in [0.5, 0.6) is 0 Å². The van der Waals surface area contributed by atoms with Gasteiger partial charge in [0.25, 0.3) is 0 Å². The van der Waals surface area contributed by atoms with E-state index in [0.717, 1.165) is 12.1 Å². The van der Waals surface area contributed by atoms with Crippen LogP contribution < -0.4 is 0 Å². The van der Waals surface area contributed by atoms with Gasteiger partial charge >= 0.3 is 0 Å². The van der Waals surface area contributed by atoms with Crippen LogP contribution in [0.15, 0.2) is 48.0 Å². The highest BCUT2D eigenvalue weighted by molar-refractivity contribution is 7.28. The average molecular weight is 500 g/mol. The van der Waals surface area contributed by atoms with E-state index in [1.165, 1.54) is 61.9 Å². The van der Waals surface area contributed by atoms with Crippen molar-refractivity contribution in [1.82, 2.24) is 4.98 Å². The van der Waals surface area contributed by atoms with Crippen LogP contribution in [-0.2, 0) is 11.8 Å². The van der Waals surface area contributed by atoms with Crippen LogP contribution in [0, 0.1) is 12.8 Å². The number of thiophene rings is 3. The fraction of sp³-hybridized carbons (Fsp3) is 0.300. The van der Waals surface area contributed by atoms with Crippen LogP contribution in [0.25, 0.3) is 51.6 Å². The molecular formula is C30H29NS3. The normalized spacial score (nSPS) is 12.8. The van der Waals surface area contributed by atoms with E-state index < -0.39 is 0 Å². The molecule has 34 heavy (non-hydrogen) atoms. The summed E-state index contributed by atoms with van der Waals surface area (Å²) in [7, 11) is 0. The van der Waals surface area contributed by atoms with E-state index in [4.69, 9.17) is 4.98 Å². The molecule has 4 heterocycles. The second-order valence-electron chi connectivity index (χ2n) is 10.8. The molecule has 4 heteroatoms. The van der Waals surface area contributed by atoms with Crippen molar-refractivity contribution in [3.8, 4) is 11.3 Å². The van der Waals surface area contributed by atoms with E-state index in [2.05, 4.69) is 83.3 Å². The lowest BCUT2D eigenvalue weighted by Gasteiger charge is -2.21. The van der Waals surface area contributed by atoms with E-state index in [9.17, 15) is 0 Å². The van der Waals surface area contributed by atoms with E-state index in [-0.39, 0.29) is 5.41 Å². The first-order chi connectivity index (χ1) is 16.2. The topological polar surface area (TPSA) is 12.9 Å². The maximum atomic E-state index is 4.98. The van der Waals surface area contributed by atoms with Crippen molar-refractivity contribution in [3.63, 3.8) is 0 Å². The molecule has 0 aliphatic rings. The summed E-state index contributed by atoms with van der Waals surface area (Å²) >= 11 is 5.73. The Bertz CT molecular complexity index is 1700. The summed E-state index contributed by atoms with van der Waals surface area (Å²) in [5.41, 5.74) is 5.36. The van der Waals surface area contributed by atoms with E-state index in [1.807, 2.05) is 40.2 Å². The highest BCUT2D eigenvalue weighted by Crippen LogP contribution is 2.46. The van der Waals surface area contributed by atoms with Gasteiger partial charge in [0, 0.05) is 51.6 Å². The standard InChI is InChI=1S/C30H29NS3/c1-16(2)13-21-17(3)33-23-8-7-20-25-24(34-29(20)26(21)23)9-11-31-27(25)19-14-18-10-12-32-28(18)22(15-19)30(4,5)6/h7-12,14-16H,13H2,1-6H3. The zero-order chi connectivity index (χ0) is 23.8. The molecule has 0 spiro atoms. The molecule has 0 bridgehead atoms. The summed E-state index contributed by atoms with van der Waals surface area (Å²) in [6.45, 7) is 13.9. The highest BCUT2D eigenvalue weighted by Gasteiger charge is 2.22. The third kappa shape index (κ3) is 3.42. The summed E-state index contributed by atoms with van der Waals surface area (Å²) in [5, 5.41) is 7.66. The first kappa shape index (κ1) is 22.2. The van der Waals surface area contributed by atoms with Crippen LogP contribution >= 0.6 is 34.0 Å². The molecule has 4 aromatic heterocycles. The molecule has 6 aromatic rings. The lowest BCUT2D eigenvalue weighted by molar-refractivity contribution is 0.597. The van der Waals surface area contributed by atoms with Crippen molar-refractivity contribution in [1.29, 1.82) is 0 Å². The Balaban J connectivity index is 1.69. The number of aryl methyl sites for hydroxylation is 1. The quantitative estimate of drug-likeness (QED) is 0.236. The molecule has 1 nitrogen and oxygen atoms in total. The molecule has 0 amide bonds. The predicted octanol–water partition coefficient (Wildman–Crippen LogP) is 10.4. The lowest BCUT2D eigenvalue weighted by Crippen LogP contribution is -2.11. The second kappa shape index (κ2) is 7.87. The number of hydrogen-bond acceptors (Lipinski definition) is 4. The fourth-order valence-electron chi connectivity index (χ4n) is 5.19. The predicted molar refractivity (Wildman–Crippen MR) is 155 cm³/mol. The fourth-order valence-corrected chi connectivity index (χ4v) is 8.73. The Morgan fingerprint density at radius 3 is 2.47 bits per heavy atom. The number of benzene rings is 2. The zero-order valence-corrected chi connectivity index (χ0v) is 23.0. The molecule has 0 saturated heterocycles. The number of fused-ring (bicyclic) bond motifs is 6. The van der Waals surface area contributed by atoms with Crippen LogP contribution in [0.1, 0.15) is 50.6 Å². The van der Waals surface area contributed by atoms with E-state index in [1.54, 1.807) is 0 Å². The van der Waals surface area contributed by atoms with Gasteiger partial charge in [0.2, 0.25) is 0 Å². The van der Waals surface area contributed by atoms with Crippen LogP contribution in [0.2, 0.25) is 0 Å². The molecule has 0 radical (unpaired) electrons. The Kier molecular flexibility index (Phi) is 5.14. The van der Waals surface area contributed by atoms with Gasteiger partial charge in [0.1, 0.15) is 0 Å². The van der Waals surface area contributed by atoms with Gasteiger partial charge in [-0.05, 0) is 76.9 Å². The third-order valence-electron chi connectivity index (χ3n) is 6.75. The summed E-state index contributed by atoms with van der Waals surface area (Å²) in [6, 6.07) is 13.9. The smallest absolute Gasteiger partial charge is 0.0795 e. The maximum absolute atomic E-state index is 4.98. The Morgan fingerprint density at radius 1 is 0.912 bits per heavy atom. The molecule has 0 aliphatic heterocycles. The van der Waals surface area contributed by atoms with E-state index >= 15 is 0 Å². The van der Waals surface area contributed by atoms with Crippen molar-refractivity contribution in [2.45, 2.75) is 53.4 Å². The van der Waals surface area contributed by atoms with Gasteiger partial charge in [-0.15, -0.1) is 34.0 Å². The summed E-state index contributed by atoms with van der Waals surface area (Å²) in [4.78, 5) is 6.45. The first-order valence-electron chi connectivity index (χ1n) is 12.0. The van der Waals surface area contributed by atoms with Gasteiger partial charge in [-0.2, -0.15) is 0 Å². The third-order valence-corrected chi connectivity index (χ3v) is 10.0. The van der Waals surface area contributed by atoms with Crippen molar-refractivity contribution >= 4 is 74.4 Å². The number of hydrogen-bond donors (Lipinski definition) is 0. The summed E-state index contributed by atoms with van der Waals surface area (Å²) in [6.07, 6.45) is 3.13. The van der Waals surface area contributed by atoms with Gasteiger partial charge in [0.05, 0.1) is 5.69 Å². The van der Waals surface area contributed by atoms with Crippen molar-refractivity contribution in [3.05, 3.63) is 64.0 Å². The minimum Gasteiger partial charge on any atom is -0.256 e. The molecule has 0 aliphatic carbocycles. The van der Waals surface area contributed by atoms with Crippen molar-refractivity contribution in [2.75, 3.05) is 0 Å². The molecule has 0 unspecified atom stereocenters. The number of rotatable bonds is 3. The minimum atomic E-state index is 0.0792. The zero-order valence-electron chi connectivity index (χ0n) is 20.6. The lowest BCUT2D eigenvalue weighted by atomic mass is 9.85. The molecule has 172 valence electrons. The summed E-state index contributed by atoms with van der Waals surface area (Å²) in [5.74, 6) is 0.645. The number of nitrogens with zero attached hydrogens (tertiary/aromatic N) is 1. The van der Waals surface area contributed by atoms with Gasteiger partial charge in [-0.25, -0.2) is 0 Å². The van der Waals surface area contributed by atoms with Gasteiger partial charge in [0.15, 0.2) is 0 Å². The first-order valence-corrected chi connectivity index (χ1v) is 14.5. The maximum Gasteiger partial charge on any atom is 0.0795 e. The van der Waals surface area contributed by atoms with Crippen molar-refractivity contribution < 1.29 is 0 Å². The molecule has 0 fully saturated rings. The molecule has 6 rings (SSSR count). The van der Waals surface area contributed by atoms with Crippen molar-refractivity contribution in [2.24, 2.45) is 5.92 Å². The number of aromatic nitrogens is 1. The average Bonchev–Trinajstić information content (AvgIpc) is 3.47.